The highest BCUT2D eigenvalue weighted by molar-refractivity contribution is 5.94. The van der Waals surface area contributed by atoms with Crippen molar-refractivity contribution in [1.29, 1.82) is 0 Å². The maximum absolute atomic E-state index is 12.7. The van der Waals surface area contributed by atoms with E-state index in [9.17, 15) is 4.79 Å². The van der Waals surface area contributed by atoms with Crippen molar-refractivity contribution in [2.75, 3.05) is 19.6 Å². The highest BCUT2D eigenvalue weighted by atomic mass is 16.2. The molecule has 0 radical (unpaired) electrons. The van der Waals surface area contributed by atoms with Crippen LogP contribution in [0.3, 0.4) is 0 Å². The predicted octanol–water partition coefficient (Wildman–Crippen LogP) is 1.65. The fourth-order valence-corrected chi connectivity index (χ4v) is 2.43. The first-order valence-corrected chi connectivity index (χ1v) is 7.69. The molecule has 1 heterocycles. The quantitative estimate of drug-likeness (QED) is 0.836. The Bertz CT molecular complexity index is 565. The number of carbonyl (C=O) groups is 1. The molecule has 3 rings (SSSR count). The van der Waals surface area contributed by atoms with Gasteiger partial charge in [-0.05, 0) is 43.6 Å². The zero-order valence-corrected chi connectivity index (χ0v) is 12.2. The van der Waals surface area contributed by atoms with Crippen LogP contribution < -0.4 is 5.73 Å². The molecule has 0 saturated heterocycles. The number of hydrogen-bond acceptors (Lipinski definition) is 3. The van der Waals surface area contributed by atoms with Crippen LogP contribution in [0.2, 0.25) is 0 Å². The largest absolute Gasteiger partial charge is 0.338 e. The molecule has 2 aliphatic rings. The molecule has 2 aliphatic carbocycles. The van der Waals surface area contributed by atoms with E-state index in [1.54, 1.807) is 12.4 Å². The first-order chi connectivity index (χ1) is 10.3. The van der Waals surface area contributed by atoms with Crippen molar-refractivity contribution >= 4 is 5.91 Å². The molecule has 0 bridgehead atoms. The number of nitrogens with two attached hydrogens (primary N) is 1. The maximum Gasteiger partial charge on any atom is 0.255 e. The third kappa shape index (κ3) is 4.05. The molecular weight excluding hydrogens is 262 g/mol. The molecule has 2 N–H and O–H groups in total. The average Bonchev–Trinajstić information content (AvgIpc) is 3.39. The van der Waals surface area contributed by atoms with Crippen LogP contribution in [0.25, 0.3) is 0 Å². The molecular formula is C17H21N3O. The van der Waals surface area contributed by atoms with Gasteiger partial charge in [0.1, 0.15) is 0 Å². The van der Waals surface area contributed by atoms with E-state index in [1.807, 2.05) is 11.0 Å². The van der Waals surface area contributed by atoms with Crippen LogP contribution >= 0.6 is 0 Å². The van der Waals surface area contributed by atoms with E-state index < -0.39 is 0 Å². The summed E-state index contributed by atoms with van der Waals surface area (Å²) in [6.07, 6.45) is 8.35. The van der Waals surface area contributed by atoms with Gasteiger partial charge >= 0.3 is 0 Å². The van der Waals surface area contributed by atoms with E-state index in [4.69, 9.17) is 5.73 Å². The highest BCUT2D eigenvalue weighted by Gasteiger charge is 2.31. The summed E-state index contributed by atoms with van der Waals surface area (Å²) >= 11 is 0. The van der Waals surface area contributed by atoms with Gasteiger partial charge in [-0.1, -0.05) is 11.8 Å². The topological polar surface area (TPSA) is 59.2 Å². The smallest absolute Gasteiger partial charge is 0.255 e. The lowest BCUT2D eigenvalue weighted by atomic mass is 10.1. The SMILES string of the molecule is NCC#Cc1cncc(C(=O)N(CC2CC2)CC2CC2)c1. The maximum atomic E-state index is 12.7. The lowest BCUT2D eigenvalue weighted by Crippen LogP contribution is -2.34. The molecule has 4 heteroatoms. The lowest BCUT2D eigenvalue weighted by molar-refractivity contribution is 0.0739. The summed E-state index contributed by atoms with van der Waals surface area (Å²) in [4.78, 5) is 18.9. The molecule has 1 amide bonds. The number of aromatic nitrogens is 1. The van der Waals surface area contributed by atoms with Gasteiger partial charge < -0.3 is 10.6 Å². The Morgan fingerprint density at radius 2 is 1.90 bits per heavy atom. The number of nitrogens with zero attached hydrogens (tertiary/aromatic N) is 2. The molecule has 2 fully saturated rings. The fourth-order valence-electron chi connectivity index (χ4n) is 2.43. The summed E-state index contributed by atoms with van der Waals surface area (Å²) in [6, 6.07) is 1.82. The number of carbonyl (C=O) groups excluding carboxylic acids is 1. The van der Waals surface area contributed by atoms with E-state index >= 15 is 0 Å². The van der Waals surface area contributed by atoms with E-state index in [0.29, 0.717) is 23.9 Å². The Balaban J connectivity index is 1.73. The molecule has 4 nitrogen and oxygen atoms in total. The van der Waals surface area contributed by atoms with Gasteiger partial charge in [0.15, 0.2) is 0 Å². The van der Waals surface area contributed by atoms with Crippen LogP contribution in [0.4, 0.5) is 0 Å². The molecule has 0 aromatic carbocycles. The minimum absolute atomic E-state index is 0.0951. The zero-order valence-electron chi connectivity index (χ0n) is 12.2. The Morgan fingerprint density at radius 1 is 1.24 bits per heavy atom. The Hall–Kier alpha value is -1.86. The van der Waals surface area contributed by atoms with Gasteiger partial charge in [-0.3, -0.25) is 9.78 Å². The van der Waals surface area contributed by atoms with Crippen molar-refractivity contribution in [3.63, 3.8) is 0 Å². The second kappa shape index (κ2) is 6.28. The Morgan fingerprint density at radius 3 is 2.48 bits per heavy atom. The number of amides is 1. The summed E-state index contributed by atoms with van der Waals surface area (Å²) in [5.74, 6) is 7.25. The van der Waals surface area contributed by atoms with Crippen molar-refractivity contribution < 1.29 is 4.79 Å². The van der Waals surface area contributed by atoms with Gasteiger partial charge in [0.05, 0.1) is 12.1 Å². The average molecular weight is 283 g/mol. The molecule has 0 atom stereocenters. The fraction of sp³-hybridized carbons (Fsp3) is 0.529. The van der Waals surface area contributed by atoms with Crippen LogP contribution in [0.5, 0.6) is 0 Å². The van der Waals surface area contributed by atoms with Crippen LogP contribution in [0.1, 0.15) is 41.6 Å². The molecule has 0 spiro atoms. The van der Waals surface area contributed by atoms with E-state index in [-0.39, 0.29) is 5.91 Å². The van der Waals surface area contributed by atoms with E-state index in [0.717, 1.165) is 18.7 Å². The van der Waals surface area contributed by atoms with E-state index in [2.05, 4.69) is 16.8 Å². The lowest BCUT2D eigenvalue weighted by Gasteiger charge is -2.22. The van der Waals surface area contributed by atoms with Crippen molar-refractivity contribution in [2.24, 2.45) is 17.6 Å². The van der Waals surface area contributed by atoms with Gasteiger partial charge in [0, 0.05) is 31.0 Å². The normalized spacial score (nSPS) is 17.0. The standard InChI is InChI=1S/C17H21N3O/c18-7-1-2-15-8-16(10-19-9-15)17(21)20(11-13-3-4-13)12-14-5-6-14/h8-10,13-14H,3-7,11-12,18H2. The second-order valence-corrected chi connectivity index (χ2v) is 6.07. The molecule has 0 unspecified atom stereocenters. The van der Waals surface area contributed by atoms with Gasteiger partial charge in [-0.2, -0.15) is 0 Å². The Kier molecular flexibility index (Phi) is 4.21. The molecule has 1 aromatic heterocycles. The number of pyridine rings is 1. The number of rotatable bonds is 5. The van der Waals surface area contributed by atoms with Gasteiger partial charge in [0.25, 0.3) is 5.91 Å². The summed E-state index contributed by atoms with van der Waals surface area (Å²) < 4.78 is 0. The summed E-state index contributed by atoms with van der Waals surface area (Å²) in [5, 5.41) is 0. The summed E-state index contributed by atoms with van der Waals surface area (Å²) in [5.41, 5.74) is 6.77. The van der Waals surface area contributed by atoms with Crippen molar-refractivity contribution in [2.45, 2.75) is 25.7 Å². The van der Waals surface area contributed by atoms with Crippen LogP contribution in [0.15, 0.2) is 18.5 Å². The third-order valence-electron chi connectivity index (χ3n) is 3.96. The Labute approximate surface area is 125 Å². The first-order valence-electron chi connectivity index (χ1n) is 7.69. The molecule has 110 valence electrons. The monoisotopic (exact) mass is 283 g/mol. The minimum atomic E-state index is 0.0951. The minimum Gasteiger partial charge on any atom is -0.338 e. The first kappa shape index (κ1) is 14.1. The zero-order chi connectivity index (χ0) is 14.7. The van der Waals surface area contributed by atoms with Crippen molar-refractivity contribution in [3.05, 3.63) is 29.6 Å². The summed E-state index contributed by atoms with van der Waals surface area (Å²) in [6.45, 7) is 2.11. The molecule has 21 heavy (non-hydrogen) atoms. The van der Waals surface area contributed by atoms with Gasteiger partial charge in [-0.25, -0.2) is 0 Å². The second-order valence-electron chi connectivity index (χ2n) is 6.07. The van der Waals surface area contributed by atoms with Crippen molar-refractivity contribution in [1.82, 2.24) is 9.88 Å². The van der Waals surface area contributed by atoms with Crippen molar-refractivity contribution in [3.8, 4) is 11.8 Å². The molecule has 1 aromatic rings. The van der Waals surface area contributed by atoms with Crippen LogP contribution in [-0.2, 0) is 0 Å². The number of hydrogen-bond donors (Lipinski definition) is 1. The molecule has 0 aliphatic heterocycles. The highest BCUT2D eigenvalue weighted by Crippen LogP contribution is 2.34. The predicted molar refractivity (Wildman–Crippen MR) is 81.5 cm³/mol. The van der Waals surface area contributed by atoms with Crippen LogP contribution in [0, 0.1) is 23.7 Å². The van der Waals surface area contributed by atoms with Crippen LogP contribution in [-0.4, -0.2) is 35.4 Å². The third-order valence-corrected chi connectivity index (χ3v) is 3.96. The van der Waals surface area contributed by atoms with Gasteiger partial charge in [0.2, 0.25) is 0 Å². The van der Waals surface area contributed by atoms with E-state index in [1.165, 1.54) is 25.7 Å². The van der Waals surface area contributed by atoms with Gasteiger partial charge in [-0.15, -0.1) is 0 Å². The summed E-state index contributed by atoms with van der Waals surface area (Å²) in [7, 11) is 0. The molecule has 2 saturated carbocycles.